The molecular formula is C19H21F2N3O4. The topological polar surface area (TPSA) is 92.6 Å². The molecule has 0 saturated carbocycles. The zero-order valence-electron chi connectivity index (χ0n) is 15.0. The first-order valence-corrected chi connectivity index (χ1v) is 8.92. The van der Waals surface area contributed by atoms with Crippen LogP contribution in [0.5, 0.6) is 5.75 Å². The summed E-state index contributed by atoms with van der Waals surface area (Å²) in [5.74, 6) is 0.378. The van der Waals surface area contributed by atoms with Gasteiger partial charge in [-0.2, -0.15) is 8.78 Å². The largest absolute Gasteiger partial charge is 0.467 e. The Morgan fingerprint density at radius 2 is 2.11 bits per heavy atom. The molecule has 0 spiro atoms. The number of hydrogen-bond donors (Lipinski definition) is 3. The van der Waals surface area contributed by atoms with E-state index < -0.39 is 12.6 Å². The van der Waals surface area contributed by atoms with Crippen molar-refractivity contribution in [3.05, 3.63) is 53.5 Å². The van der Waals surface area contributed by atoms with Gasteiger partial charge in [-0.25, -0.2) is 4.79 Å². The lowest BCUT2D eigenvalue weighted by Crippen LogP contribution is -2.43. The number of benzene rings is 1. The van der Waals surface area contributed by atoms with Crippen molar-refractivity contribution in [3.63, 3.8) is 0 Å². The number of amides is 3. The molecule has 0 bridgehead atoms. The monoisotopic (exact) mass is 393 g/mol. The van der Waals surface area contributed by atoms with Crippen LogP contribution in [0.15, 0.2) is 41.0 Å². The quantitative estimate of drug-likeness (QED) is 0.674. The number of rotatable bonds is 7. The smallest absolute Gasteiger partial charge is 0.387 e. The van der Waals surface area contributed by atoms with Gasteiger partial charge in [0.2, 0.25) is 5.91 Å². The molecule has 3 rings (SSSR count). The fraction of sp³-hybridized carbons (Fsp3) is 0.368. The number of furan rings is 1. The summed E-state index contributed by atoms with van der Waals surface area (Å²) in [7, 11) is 0. The number of aryl methyl sites for hydroxylation is 1. The summed E-state index contributed by atoms with van der Waals surface area (Å²) in [6.45, 7) is -2.80. The maximum absolute atomic E-state index is 12.4. The molecule has 1 aliphatic rings. The van der Waals surface area contributed by atoms with Gasteiger partial charge in [-0.05, 0) is 54.7 Å². The summed E-state index contributed by atoms with van der Waals surface area (Å²) in [6, 6.07) is 7.46. The van der Waals surface area contributed by atoms with E-state index in [4.69, 9.17) is 4.42 Å². The number of urea groups is 1. The lowest BCUT2D eigenvalue weighted by molar-refractivity contribution is -0.120. The van der Waals surface area contributed by atoms with Gasteiger partial charge in [-0.3, -0.25) is 4.79 Å². The molecular weight excluding hydrogens is 372 g/mol. The Morgan fingerprint density at radius 3 is 2.86 bits per heavy atom. The Labute approximate surface area is 160 Å². The molecule has 0 saturated heterocycles. The summed E-state index contributed by atoms with van der Waals surface area (Å²) < 4.78 is 34.3. The molecule has 3 amide bonds. The van der Waals surface area contributed by atoms with Gasteiger partial charge in [0.25, 0.3) is 0 Å². The van der Waals surface area contributed by atoms with Crippen molar-refractivity contribution < 1.29 is 27.5 Å². The van der Waals surface area contributed by atoms with E-state index in [2.05, 4.69) is 20.7 Å². The molecule has 9 heteroatoms. The number of alkyl halides is 2. The van der Waals surface area contributed by atoms with Crippen LogP contribution in [-0.2, 0) is 17.8 Å². The lowest BCUT2D eigenvalue weighted by atomic mass is 9.87. The van der Waals surface area contributed by atoms with Crippen LogP contribution in [0.25, 0.3) is 0 Å². The average molecular weight is 393 g/mol. The normalized spacial score (nSPS) is 15.6. The summed E-state index contributed by atoms with van der Waals surface area (Å²) in [5, 5.41) is 7.97. The predicted molar refractivity (Wildman–Crippen MR) is 95.8 cm³/mol. The van der Waals surface area contributed by atoms with E-state index in [1.807, 2.05) is 0 Å². The molecule has 1 atom stereocenters. The van der Waals surface area contributed by atoms with Crippen LogP contribution in [0.2, 0.25) is 0 Å². The molecule has 0 unspecified atom stereocenters. The van der Waals surface area contributed by atoms with E-state index in [0.29, 0.717) is 5.76 Å². The average Bonchev–Trinajstić information content (AvgIpc) is 3.18. The highest BCUT2D eigenvalue weighted by atomic mass is 19.3. The summed E-state index contributed by atoms with van der Waals surface area (Å²) in [5.41, 5.74) is 1.73. The van der Waals surface area contributed by atoms with Gasteiger partial charge in [0.05, 0.1) is 25.4 Å². The Bertz CT molecular complexity index is 812. The number of carbonyl (C=O) groups excluding carboxylic acids is 2. The van der Waals surface area contributed by atoms with Gasteiger partial charge in [0, 0.05) is 0 Å². The molecule has 1 aromatic heterocycles. The van der Waals surface area contributed by atoms with Gasteiger partial charge >= 0.3 is 12.6 Å². The first-order valence-electron chi connectivity index (χ1n) is 8.92. The van der Waals surface area contributed by atoms with Crippen molar-refractivity contribution in [1.29, 1.82) is 0 Å². The van der Waals surface area contributed by atoms with Crippen LogP contribution in [0.4, 0.5) is 13.6 Å². The molecule has 1 aliphatic carbocycles. The second-order valence-electron chi connectivity index (χ2n) is 6.37. The predicted octanol–water partition coefficient (Wildman–Crippen LogP) is 2.87. The molecule has 28 heavy (non-hydrogen) atoms. The molecule has 2 aromatic rings. The van der Waals surface area contributed by atoms with Gasteiger partial charge in [0.15, 0.2) is 0 Å². The van der Waals surface area contributed by atoms with Crippen LogP contribution in [-0.4, -0.2) is 25.1 Å². The van der Waals surface area contributed by atoms with E-state index in [1.165, 1.54) is 12.3 Å². The van der Waals surface area contributed by atoms with Gasteiger partial charge in [0.1, 0.15) is 11.5 Å². The first kappa shape index (κ1) is 19.7. The third kappa shape index (κ3) is 5.45. The number of hydrogen-bond acceptors (Lipinski definition) is 4. The summed E-state index contributed by atoms with van der Waals surface area (Å²) in [6.07, 6.45) is 3.77. The lowest BCUT2D eigenvalue weighted by Gasteiger charge is -2.27. The van der Waals surface area contributed by atoms with Crippen LogP contribution in [0.3, 0.4) is 0 Å². The second-order valence-corrected chi connectivity index (χ2v) is 6.37. The second kappa shape index (κ2) is 9.20. The molecule has 150 valence electrons. The van der Waals surface area contributed by atoms with Crippen LogP contribution < -0.4 is 20.7 Å². The highest BCUT2D eigenvalue weighted by Gasteiger charge is 2.23. The SMILES string of the molecule is O=C(CNC(=O)N[C@@H]1CCCc2cc(OC(F)F)ccc21)NCc1ccco1. The Kier molecular flexibility index (Phi) is 6.46. The van der Waals surface area contributed by atoms with Crippen molar-refractivity contribution in [3.8, 4) is 5.75 Å². The van der Waals surface area contributed by atoms with Crippen molar-refractivity contribution >= 4 is 11.9 Å². The van der Waals surface area contributed by atoms with Crippen molar-refractivity contribution in [2.75, 3.05) is 6.54 Å². The fourth-order valence-corrected chi connectivity index (χ4v) is 3.15. The van der Waals surface area contributed by atoms with E-state index in [1.54, 1.807) is 24.3 Å². The van der Waals surface area contributed by atoms with E-state index >= 15 is 0 Å². The van der Waals surface area contributed by atoms with Gasteiger partial charge in [-0.15, -0.1) is 0 Å². The molecule has 0 aliphatic heterocycles. The minimum Gasteiger partial charge on any atom is -0.467 e. The summed E-state index contributed by atoms with van der Waals surface area (Å²) >= 11 is 0. The zero-order valence-corrected chi connectivity index (χ0v) is 15.0. The van der Waals surface area contributed by atoms with Crippen molar-refractivity contribution in [2.24, 2.45) is 0 Å². The minimum absolute atomic E-state index is 0.104. The van der Waals surface area contributed by atoms with Crippen molar-refractivity contribution in [1.82, 2.24) is 16.0 Å². The van der Waals surface area contributed by atoms with E-state index in [-0.39, 0.29) is 30.8 Å². The molecule has 1 aromatic carbocycles. The van der Waals surface area contributed by atoms with Crippen molar-refractivity contribution in [2.45, 2.75) is 38.5 Å². The number of fused-ring (bicyclic) bond motifs is 1. The molecule has 7 nitrogen and oxygen atoms in total. The van der Waals surface area contributed by atoms with Gasteiger partial charge in [-0.1, -0.05) is 6.07 Å². The maximum Gasteiger partial charge on any atom is 0.387 e. The number of halogens is 2. The van der Waals surface area contributed by atoms with Gasteiger partial charge < -0.3 is 25.1 Å². The number of ether oxygens (including phenoxy) is 1. The molecule has 0 fully saturated rings. The minimum atomic E-state index is -2.87. The molecule has 3 N–H and O–H groups in total. The highest BCUT2D eigenvalue weighted by Crippen LogP contribution is 2.32. The summed E-state index contributed by atoms with van der Waals surface area (Å²) in [4.78, 5) is 23.9. The number of carbonyl (C=O) groups is 2. The Morgan fingerprint density at radius 1 is 1.25 bits per heavy atom. The Balaban J connectivity index is 1.48. The zero-order chi connectivity index (χ0) is 19.9. The first-order chi connectivity index (χ1) is 13.5. The third-order valence-corrected chi connectivity index (χ3v) is 4.41. The third-order valence-electron chi connectivity index (χ3n) is 4.41. The van der Waals surface area contributed by atoms with E-state index in [0.717, 1.165) is 30.4 Å². The molecule has 1 heterocycles. The molecule has 0 radical (unpaired) electrons. The van der Waals surface area contributed by atoms with Crippen LogP contribution in [0, 0.1) is 0 Å². The van der Waals surface area contributed by atoms with E-state index in [9.17, 15) is 18.4 Å². The standard InChI is InChI=1S/C19H21F2N3O4/c20-18(21)28-13-6-7-15-12(9-13)3-1-5-16(15)24-19(26)23-11-17(25)22-10-14-4-2-8-27-14/h2,4,6-9,16,18H,1,3,5,10-11H2,(H,22,25)(H2,23,24,26)/t16-/m1/s1. The maximum atomic E-state index is 12.4. The van der Waals surface area contributed by atoms with Crippen LogP contribution >= 0.6 is 0 Å². The number of nitrogens with one attached hydrogen (secondary N) is 3. The van der Waals surface area contributed by atoms with Crippen LogP contribution in [0.1, 0.15) is 35.8 Å². The highest BCUT2D eigenvalue weighted by molar-refractivity contribution is 5.84. The Hall–Kier alpha value is -3.10. The fourth-order valence-electron chi connectivity index (χ4n) is 3.15.